The lowest BCUT2D eigenvalue weighted by molar-refractivity contribution is 0.0603. The number of ether oxygens (including phenoxy) is 1. The second kappa shape index (κ2) is 5.13. The van der Waals surface area contributed by atoms with Gasteiger partial charge in [-0.1, -0.05) is 0 Å². The average Bonchev–Trinajstić information content (AvgIpc) is 2.68. The van der Waals surface area contributed by atoms with Crippen LogP contribution in [-0.2, 0) is 4.74 Å². The average molecular weight is 245 g/mol. The highest BCUT2D eigenvalue weighted by atomic mass is 32.1. The Balaban J connectivity index is 3.09. The number of nitrogens with zero attached hydrogens (tertiary/aromatic N) is 2. The quantitative estimate of drug-likeness (QED) is 0.743. The van der Waals surface area contributed by atoms with Crippen molar-refractivity contribution in [1.29, 1.82) is 0 Å². The molecule has 0 aromatic carbocycles. The molecule has 0 aliphatic carbocycles. The first-order valence-electron chi connectivity index (χ1n) is 4.70. The van der Waals surface area contributed by atoms with Gasteiger partial charge in [0.25, 0.3) is 0 Å². The predicted octanol–water partition coefficient (Wildman–Crippen LogP) is 0.329. The third kappa shape index (κ3) is 2.25. The molecule has 1 rings (SSSR count). The van der Waals surface area contributed by atoms with Crippen molar-refractivity contribution in [2.75, 3.05) is 31.4 Å². The molecule has 1 aromatic heterocycles. The van der Waals surface area contributed by atoms with Crippen LogP contribution in [0.3, 0.4) is 0 Å². The van der Waals surface area contributed by atoms with Gasteiger partial charge >= 0.3 is 5.97 Å². The molecule has 0 bridgehead atoms. The maximum atomic E-state index is 11.5. The second-order valence-corrected chi connectivity index (χ2v) is 4.13. The Labute approximate surface area is 97.8 Å². The summed E-state index contributed by atoms with van der Waals surface area (Å²) in [6.45, 7) is 1.81. The van der Waals surface area contributed by atoms with Crippen LogP contribution in [0.1, 0.15) is 17.3 Å². The van der Waals surface area contributed by atoms with Crippen molar-refractivity contribution < 1.29 is 14.6 Å². The Morgan fingerprint density at radius 1 is 1.75 bits per heavy atom. The molecule has 1 unspecified atom stereocenters. The zero-order valence-corrected chi connectivity index (χ0v) is 10.2. The van der Waals surface area contributed by atoms with Gasteiger partial charge in [0.05, 0.1) is 13.7 Å². The molecule has 1 heterocycles. The third-order valence-electron chi connectivity index (χ3n) is 2.34. The van der Waals surface area contributed by atoms with E-state index in [2.05, 4.69) is 9.11 Å². The molecule has 0 saturated heterocycles. The number of likely N-dealkylation sites (N-methyl/N-ethyl adjacent to an activating group) is 1. The van der Waals surface area contributed by atoms with E-state index in [1.807, 2.05) is 6.92 Å². The molecule has 0 radical (unpaired) electrons. The first kappa shape index (κ1) is 12.7. The van der Waals surface area contributed by atoms with Crippen LogP contribution in [0.4, 0.5) is 10.8 Å². The largest absolute Gasteiger partial charge is 0.465 e. The van der Waals surface area contributed by atoms with E-state index in [1.165, 1.54) is 7.11 Å². The minimum Gasteiger partial charge on any atom is -0.465 e. The smallest absolute Gasteiger partial charge is 0.344 e. The number of nitrogens with two attached hydrogens (primary N) is 1. The van der Waals surface area contributed by atoms with E-state index in [4.69, 9.17) is 10.8 Å². The Bertz CT molecular complexity index is 380. The molecule has 1 atom stereocenters. The number of aliphatic hydroxyl groups excluding tert-OH is 1. The van der Waals surface area contributed by atoms with Crippen LogP contribution >= 0.6 is 11.5 Å². The van der Waals surface area contributed by atoms with E-state index in [0.29, 0.717) is 5.00 Å². The number of rotatable bonds is 4. The maximum absolute atomic E-state index is 11.5. The summed E-state index contributed by atoms with van der Waals surface area (Å²) in [6.07, 6.45) is 0. The lowest BCUT2D eigenvalue weighted by Gasteiger charge is -2.23. The summed E-state index contributed by atoms with van der Waals surface area (Å²) in [5.74, 6) is -0.359. The molecule has 7 heteroatoms. The maximum Gasteiger partial charge on any atom is 0.344 e. The molecular weight excluding hydrogens is 230 g/mol. The SMILES string of the molecule is COC(=O)c1c(N)nsc1N(C)C(C)CO. The summed E-state index contributed by atoms with van der Waals surface area (Å²) in [7, 11) is 3.05. The van der Waals surface area contributed by atoms with Crippen molar-refractivity contribution in [1.82, 2.24) is 4.37 Å². The molecule has 1 aromatic rings. The van der Waals surface area contributed by atoms with Gasteiger partial charge in [-0.15, -0.1) is 0 Å². The van der Waals surface area contributed by atoms with E-state index in [-0.39, 0.29) is 24.0 Å². The minimum atomic E-state index is -0.516. The van der Waals surface area contributed by atoms with E-state index in [1.54, 1.807) is 11.9 Å². The van der Waals surface area contributed by atoms with Crippen LogP contribution in [-0.4, -0.2) is 42.3 Å². The van der Waals surface area contributed by atoms with E-state index < -0.39 is 5.97 Å². The highest BCUT2D eigenvalue weighted by Crippen LogP contribution is 2.31. The summed E-state index contributed by atoms with van der Waals surface area (Å²) in [4.78, 5) is 13.3. The molecular formula is C9H15N3O3S. The number of hydrogen-bond donors (Lipinski definition) is 2. The molecule has 0 saturated carbocycles. The molecule has 3 N–H and O–H groups in total. The van der Waals surface area contributed by atoms with Gasteiger partial charge in [-0.25, -0.2) is 4.79 Å². The zero-order valence-electron chi connectivity index (χ0n) is 9.43. The molecule has 0 spiro atoms. The number of nitrogen functional groups attached to an aromatic ring is 1. The van der Waals surface area contributed by atoms with Crippen LogP contribution in [0, 0.1) is 0 Å². The Morgan fingerprint density at radius 3 is 2.88 bits per heavy atom. The number of hydrogen-bond acceptors (Lipinski definition) is 7. The summed E-state index contributed by atoms with van der Waals surface area (Å²) in [5.41, 5.74) is 5.87. The Hall–Kier alpha value is -1.34. The van der Waals surface area contributed by atoms with Gasteiger partial charge in [-0.05, 0) is 18.5 Å². The van der Waals surface area contributed by atoms with Gasteiger partial charge in [-0.2, -0.15) is 4.37 Å². The Kier molecular flexibility index (Phi) is 4.08. The molecule has 0 fully saturated rings. The van der Waals surface area contributed by atoms with Gasteiger partial charge < -0.3 is 20.5 Å². The topological polar surface area (TPSA) is 88.7 Å². The number of esters is 1. The third-order valence-corrected chi connectivity index (χ3v) is 3.29. The van der Waals surface area contributed by atoms with Crippen LogP contribution in [0.15, 0.2) is 0 Å². The van der Waals surface area contributed by atoms with Crippen LogP contribution in [0.5, 0.6) is 0 Å². The standard InChI is InChI=1S/C9H15N3O3S/c1-5(4-13)12(2)8-6(9(14)15-3)7(10)11-16-8/h5,13H,4H2,1-3H3,(H2,10,11). The highest BCUT2D eigenvalue weighted by Gasteiger charge is 2.24. The number of aromatic nitrogens is 1. The molecule has 0 amide bonds. The lowest BCUT2D eigenvalue weighted by Crippen LogP contribution is -2.32. The van der Waals surface area contributed by atoms with Crippen molar-refractivity contribution in [3.05, 3.63) is 5.56 Å². The van der Waals surface area contributed by atoms with Crippen molar-refractivity contribution in [3.8, 4) is 0 Å². The summed E-state index contributed by atoms with van der Waals surface area (Å²) in [6, 6.07) is -0.122. The number of anilines is 2. The van der Waals surface area contributed by atoms with Gasteiger partial charge in [0.1, 0.15) is 10.6 Å². The number of carbonyl (C=O) groups is 1. The van der Waals surface area contributed by atoms with Gasteiger partial charge in [-0.3, -0.25) is 0 Å². The fraction of sp³-hybridized carbons (Fsp3) is 0.556. The lowest BCUT2D eigenvalue weighted by atomic mass is 10.2. The fourth-order valence-corrected chi connectivity index (χ4v) is 2.01. The Morgan fingerprint density at radius 2 is 2.38 bits per heavy atom. The molecule has 16 heavy (non-hydrogen) atoms. The van der Waals surface area contributed by atoms with Crippen LogP contribution < -0.4 is 10.6 Å². The van der Waals surface area contributed by atoms with E-state index in [0.717, 1.165) is 11.5 Å². The molecule has 6 nitrogen and oxygen atoms in total. The number of carbonyl (C=O) groups excluding carboxylic acids is 1. The summed E-state index contributed by atoms with van der Waals surface area (Å²) >= 11 is 1.11. The van der Waals surface area contributed by atoms with E-state index >= 15 is 0 Å². The second-order valence-electron chi connectivity index (χ2n) is 3.38. The first-order chi connectivity index (χ1) is 7.52. The van der Waals surface area contributed by atoms with Crippen molar-refractivity contribution in [2.45, 2.75) is 13.0 Å². The molecule has 0 aliphatic heterocycles. The zero-order chi connectivity index (χ0) is 12.3. The monoisotopic (exact) mass is 245 g/mol. The van der Waals surface area contributed by atoms with Crippen LogP contribution in [0.2, 0.25) is 0 Å². The highest BCUT2D eigenvalue weighted by molar-refractivity contribution is 7.11. The molecule has 0 aliphatic rings. The first-order valence-corrected chi connectivity index (χ1v) is 5.47. The number of methoxy groups -OCH3 is 1. The van der Waals surface area contributed by atoms with E-state index in [9.17, 15) is 4.79 Å². The normalized spacial score (nSPS) is 12.2. The van der Waals surface area contributed by atoms with Crippen molar-refractivity contribution >= 4 is 28.3 Å². The summed E-state index contributed by atoms with van der Waals surface area (Å²) < 4.78 is 8.56. The van der Waals surface area contributed by atoms with Gasteiger partial charge in [0.2, 0.25) is 0 Å². The fourth-order valence-electron chi connectivity index (χ4n) is 1.15. The van der Waals surface area contributed by atoms with Crippen molar-refractivity contribution in [2.24, 2.45) is 0 Å². The summed E-state index contributed by atoms with van der Waals surface area (Å²) in [5, 5.41) is 9.66. The minimum absolute atomic E-state index is 0.0189. The van der Waals surface area contributed by atoms with Gasteiger partial charge in [0.15, 0.2) is 5.82 Å². The number of aliphatic hydroxyl groups is 1. The van der Waals surface area contributed by atoms with Gasteiger partial charge in [0, 0.05) is 13.1 Å². The predicted molar refractivity (Wildman–Crippen MR) is 62.8 cm³/mol. The van der Waals surface area contributed by atoms with Crippen molar-refractivity contribution in [3.63, 3.8) is 0 Å². The molecule has 90 valence electrons. The van der Waals surface area contributed by atoms with Crippen LogP contribution in [0.25, 0.3) is 0 Å².